The van der Waals surface area contributed by atoms with E-state index in [0.717, 1.165) is 22.6 Å². The smallest absolute Gasteiger partial charge is 0.127 e. The molecule has 1 heterocycles. The number of nitrogens with zero attached hydrogens (tertiary/aromatic N) is 1. The predicted octanol–water partition coefficient (Wildman–Crippen LogP) is 4.03. The third kappa shape index (κ3) is 3.27. The van der Waals surface area contributed by atoms with Gasteiger partial charge in [-0.05, 0) is 47.5 Å². The lowest BCUT2D eigenvalue weighted by atomic mass is 10.1. The molecule has 0 aliphatic carbocycles. The molecule has 0 fully saturated rings. The Morgan fingerprint density at radius 1 is 0.810 bits per heavy atom. The third-order valence-electron chi connectivity index (χ3n) is 3.15. The monoisotopic (exact) mass is 277 g/mol. The van der Waals surface area contributed by atoms with E-state index in [1.165, 1.54) is 0 Å². The van der Waals surface area contributed by atoms with Crippen molar-refractivity contribution in [1.29, 1.82) is 0 Å². The van der Waals surface area contributed by atoms with Crippen LogP contribution in [-0.2, 0) is 6.61 Å². The molecular formula is C18H15NO2. The van der Waals surface area contributed by atoms with Crippen LogP contribution in [0.15, 0.2) is 72.9 Å². The maximum Gasteiger partial charge on any atom is 0.127 e. The molecule has 2 aromatic carbocycles. The summed E-state index contributed by atoms with van der Waals surface area (Å²) in [7, 11) is 0. The average Bonchev–Trinajstić information content (AvgIpc) is 2.56. The van der Waals surface area contributed by atoms with Gasteiger partial charge in [-0.3, -0.25) is 4.98 Å². The van der Waals surface area contributed by atoms with Gasteiger partial charge in [0, 0.05) is 6.20 Å². The number of hydrogen-bond acceptors (Lipinski definition) is 3. The highest BCUT2D eigenvalue weighted by Crippen LogP contribution is 2.25. The third-order valence-corrected chi connectivity index (χ3v) is 3.15. The first-order chi connectivity index (χ1) is 10.3. The minimum Gasteiger partial charge on any atom is -0.457 e. The molecule has 3 heteroatoms. The molecule has 0 aliphatic heterocycles. The van der Waals surface area contributed by atoms with Crippen LogP contribution in [0.4, 0.5) is 0 Å². The van der Waals surface area contributed by atoms with Crippen molar-refractivity contribution >= 4 is 0 Å². The molecule has 0 spiro atoms. The second-order valence-corrected chi connectivity index (χ2v) is 4.63. The van der Waals surface area contributed by atoms with Gasteiger partial charge in [-0.2, -0.15) is 0 Å². The second kappa shape index (κ2) is 6.20. The molecule has 0 saturated heterocycles. The minimum absolute atomic E-state index is 0.0525. The van der Waals surface area contributed by atoms with Crippen LogP contribution in [0.2, 0.25) is 0 Å². The van der Waals surface area contributed by atoms with E-state index < -0.39 is 0 Å². The van der Waals surface area contributed by atoms with Crippen LogP contribution in [0.1, 0.15) is 5.69 Å². The first-order valence-electron chi connectivity index (χ1n) is 6.74. The van der Waals surface area contributed by atoms with E-state index in [-0.39, 0.29) is 6.61 Å². The van der Waals surface area contributed by atoms with Gasteiger partial charge in [-0.15, -0.1) is 0 Å². The predicted molar refractivity (Wildman–Crippen MR) is 82.1 cm³/mol. The Kier molecular flexibility index (Phi) is 3.94. The van der Waals surface area contributed by atoms with Gasteiger partial charge in [0.2, 0.25) is 0 Å². The second-order valence-electron chi connectivity index (χ2n) is 4.63. The highest BCUT2D eigenvalue weighted by molar-refractivity contribution is 5.64. The van der Waals surface area contributed by atoms with Crippen molar-refractivity contribution < 1.29 is 9.84 Å². The van der Waals surface area contributed by atoms with Gasteiger partial charge in [-0.25, -0.2) is 0 Å². The van der Waals surface area contributed by atoms with Crippen LogP contribution >= 0.6 is 0 Å². The van der Waals surface area contributed by atoms with Gasteiger partial charge in [0.05, 0.1) is 12.3 Å². The van der Waals surface area contributed by atoms with Gasteiger partial charge in [-0.1, -0.05) is 30.3 Å². The SMILES string of the molecule is OCc1cc(-c2ccc(Oc3ccccc3)cc2)ccn1. The summed E-state index contributed by atoms with van der Waals surface area (Å²) in [5.74, 6) is 1.61. The fourth-order valence-electron chi connectivity index (χ4n) is 2.08. The highest BCUT2D eigenvalue weighted by atomic mass is 16.5. The van der Waals surface area contributed by atoms with Gasteiger partial charge >= 0.3 is 0 Å². The topological polar surface area (TPSA) is 42.4 Å². The maximum absolute atomic E-state index is 9.13. The van der Waals surface area contributed by atoms with Crippen molar-refractivity contribution in [2.75, 3.05) is 0 Å². The van der Waals surface area contributed by atoms with Crippen LogP contribution in [0.5, 0.6) is 11.5 Å². The molecule has 0 amide bonds. The Balaban J connectivity index is 1.80. The van der Waals surface area contributed by atoms with E-state index in [4.69, 9.17) is 9.84 Å². The summed E-state index contributed by atoms with van der Waals surface area (Å²) in [6.45, 7) is -0.0525. The minimum atomic E-state index is -0.0525. The molecule has 0 aliphatic rings. The number of benzene rings is 2. The fraction of sp³-hybridized carbons (Fsp3) is 0.0556. The van der Waals surface area contributed by atoms with E-state index in [2.05, 4.69) is 4.98 Å². The van der Waals surface area contributed by atoms with Crippen LogP contribution in [-0.4, -0.2) is 10.1 Å². The average molecular weight is 277 g/mol. The Bertz CT molecular complexity index is 709. The first kappa shape index (κ1) is 13.3. The Labute approximate surface area is 123 Å². The number of hydrogen-bond donors (Lipinski definition) is 1. The molecule has 0 unspecified atom stereocenters. The molecule has 3 aromatic rings. The summed E-state index contributed by atoms with van der Waals surface area (Å²) in [5, 5.41) is 9.13. The van der Waals surface area contributed by atoms with Crippen LogP contribution in [0.3, 0.4) is 0 Å². The summed E-state index contributed by atoms with van der Waals surface area (Å²) < 4.78 is 5.76. The summed E-state index contributed by atoms with van der Waals surface area (Å²) in [4.78, 5) is 4.08. The maximum atomic E-state index is 9.13. The lowest BCUT2D eigenvalue weighted by molar-refractivity contribution is 0.277. The number of aliphatic hydroxyl groups is 1. The van der Waals surface area contributed by atoms with Crippen LogP contribution in [0, 0.1) is 0 Å². The van der Waals surface area contributed by atoms with E-state index in [1.54, 1.807) is 6.20 Å². The van der Waals surface area contributed by atoms with Crippen molar-refractivity contribution in [3.8, 4) is 22.6 Å². The number of rotatable bonds is 4. The normalized spacial score (nSPS) is 10.3. The van der Waals surface area contributed by atoms with Crippen molar-refractivity contribution in [2.45, 2.75) is 6.61 Å². The van der Waals surface area contributed by atoms with Gasteiger partial charge in [0.1, 0.15) is 11.5 Å². The van der Waals surface area contributed by atoms with E-state index in [1.807, 2.05) is 66.7 Å². The van der Waals surface area contributed by atoms with Gasteiger partial charge < -0.3 is 9.84 Å². The zero-order chi connectivity index (χ0) is 14.5. The van der Waals surface area contributed by atoms with Crippen molar-refractivity contribution in [2.24, 2.45) is 0 Å². The Morgan fingerprint density at radius 3 is 2.24 bits per heavy atom. The molecule has 0 atom stereocenters. The number of aliphatic hydroxyl groups excluding tert-OH is 1. The number of para-hydroxylation sites is 1. The molecule has 0 saturated carbocycles. The summed E-state index contributed by atoms with van der Waals surface area (Å²) >= 11 is 0. The largest absolute Gasteiger partial charge is 0.457 e. The highest BCUT2D eigenvalue weighted by Gasteiger charge is 2.01. The molecule has 3 nitrogen and oxygen atoms in total. The summed E-state index contributed by atoms with van der Waals surface area (Å²) in [6, 6.07) is 21.3. The zero-order valence-electron chi connectivity index (χ0n) is 11.4. The van der Waals surface area contributed by atoms with Crippen LogP contribution in [0.25, 0.3) is 11.1 Å². The van der Waals surface area contributed by atoms with Crippen molar-refractivity contribution in [3.63, 3.8) is 0 Å². The van der Waals surface area contributed by atoms with E-state index >= 15 is 0 Å². The Hall–Kier alpha value is -2.65. The van der Waals surface area contributed by atoms with E-state index in [9.17, 15) is 0 Å². The molecule has 1 N–H and O–H groups in total. The number of pyridine rings is 1. The van der Waals surface area contributed by atoms with E-state index in [0.29, 0.717) is 5.69 Å². The van der Waals surface area contributed by atoms with Gasteiger partial charge in [0.25, 0.3) is 0 Å². The standard InChI is InChI=1S/C18H15NO2/c20-13-16-12-15(10-11-19-16)14-6-8-18(9-7-14)21-17-4-2-1-3-5-17/h1-12,20H,13H2. The van der Waals surface area contributed by atoms with Crippen LogP contribution < -0.4 is 4.74 Å². The lowest BCUT2D eigenvalue weighted by Gasteiger charge is -2.07. The summed E-state index contributed by atoms with van der Waals surface area (Å²) in [5.41, 5.74) is 2.75. The zero-order valence-corrected chi connectivity index (χ0v) is 11.4. The van der Waals surface area contributed by atoms with Gasteiger partial charge in [0.15, 0.2) is 0 Å². The molecular weight excluding hydrogens is 262 g/mol. The van der Waals surface area contributed by atoms with Crippen molar-refractivity contribution in [3.05, 3.63) is 78.6 Å². The number of ether oxygens (including phenoxy) is 1. The molecule has 0 bridgehead atoms. The lowest BCUT2D eigenvalue weighted by Crippen LogP contribution is -1.89. The summed E-state index contributed by atoms with van der Waals surface area (Å²) in [6.07, 6.45) is 1.70. The molecule has 3 rings (SSSR count). The molecule has 1 aromatic heterocycles. The molecule has 21 heavy (non-hydrogen) atoms. The Morgan fingerprint density at radius 2 is 1.52 bits per heavy atom. The number of aromatic nitrogens is 1. The first-order valence-corrected chi connectivity index (χ1v) is 6.74. The molecule has 0 radical (unpaired) electrons. The quantitative estimate of drug-likeness (QED) is 0.782. The van der Waals surface area contributed by atoms with Crippen molar-refractivity contribution in [1.82, 2.24) is 4.98 Å². The molecule has 104 valence electrons. The fourth-order valence-corrected chi connectivity index (χ4v) is 2.08.